The molecule has 0 saturated carbocycles. The molecule has 220 valence electrons. The van der Waals surface area contributed by atoms with Crippen LogP contribution in [0, 0.1) is 5.82 Å². The first-order valence-corrected chi connectivity index (χ1v) is 13.7. The molecule has 1 N–H and O–H groups in total. The minimum atomic E-state index is -0.580. The van der Waals surface area contributed by atoms with Gasteiger partial charge in [-0.1, -0.05) is 12.2 Å². The van der Waals surface area contributed by atoms with Crippen molar-refractivity contribution in [1.29, 1.82) is 0 Å². The summed E-state index contributed by atoms with van der Waals surface area (Å²) in [6, 6.07) is 7.81. The first kappa shape index (κ1) is 29.9. The standard InChI is InChI=1S/C31H38FN3O6/c1-30(2,3)40-28(37)34-15-11-20(12-16-34)23-8-7-22(19-24(23)32)33-27(36)26-10-9-25(39-26)21-13-17-35(18-14-21)29(38)41-31(4,5)6/h7-11,13,19H,12,14-18H2,1-6H3,(H,33,36). The SMILES string of the molecule is CC(C)(C)OC(=O)N1CC=C(c2ccc(C(=O)Nc3ccc(C4=CCN(C(=O)OC(C)(C)C)CC4)c(F)c3)o2)CC1. The van der Waals surface area contributed by atoms with Crippen molar-refractivity contribution in [3.8, 4) is 0 Å². The number of furan rings is 1. The largest absolute Gasteiger partial charge is 0.451 e. The number of rotatable bonds is 4. The lowest BCUT2D eigenvalue weighted by atomic mass is 9.98. The lowest BCUT2D eigenvalue weighted by Gasteiger charge is -2.29. The predicted molar refractivity (Wildman–Crippen MR) is 154 cm³/mol. The van der Waals surface area contributed by atoms with E-state index in [9.17, 15) is 14.4 Å². The molecule has 1 aromatic heterocycles. The highest BCUT2D eigenvalue weighted by Crippen LogP contribution is 2.29. The van der Waals surface area contributed by atoms with E-state index in [1.807, 2.05) is 53.7 Å². The maximum absolute atomic E-state index is 15.0. The normalized spacial score (nSPS) is 16.1. The first-order valence-electron chi connectivity index (χ1n) is 13.7. The Balaban J connectivity index is 1.34. The van der Waals surface area contributed by atoms with Crippen LogP contribution in [0.15, 0.2) is 46.9 Å². The molecular weight excluding hydrogens is 529 g/mol. The van der Waals surface area contributed by atoms with Crippen LogP contribution < -0.4 is 5.32 Å². The fourth-order valence-electron chi connectivity index (χ4n) is 4.47. The lowest BCUT2D eigenvalue weighted by Crippen LogP contribution is -2.39. The van der Waals surface area contributed by atoms with Crippen LogP contribution in [0.5, 0.6) is 0 Å². The quantitative estimate of drug-likeness (QED) is 0.440. The number of nitrogens with zero attached hydrogens (tertiary/aromatic N) is 2. The lowest BCUT2D eigenvalue weighted by molar-refractivity contribution is 0.0259. The Labute approximate surface area is 240 Å². The van der Waals surface area contributed by atoms with E-state index in [1.165, 1.54) is 6.07 Å². The highest BCUT2D eigenvalue weighted by molar-refractivity contribution is 6.02. The van der Waals surface area contributed by atoms with Crippen molar-refractivity contribution < 1.29 is 32.7 Å². The average molecular weight is 568 g/mol. The van der Waals surface area contributed by atoms with Crippen molar-refractivity contribution in [2.24, 2.45) is 0 Å². The minimum absolute atomic E-state index is 0.0946. The molecule has 0 aliphatic carbocycles. The minimum Gasteiger partial charge on any atom is -0.451 e. The van der Waals surface area contributed by atoms with Crippen molar-refractivity contribution >= 4 is 34.9 Å². The summed E-state index contributed by atoms with van der Waals surface area (Å²) in [7, 11) is 0. The molecule has 9 nitrogen and oxygen atoms in total. The Bertz CT molecular complexity index is 1380. The molecule has 2 aliphatic rings. The van der Waals surface area contributed by atoms with E-state index in [0.29, 0.717) is 56.0 Å². The van der Waals surface area contributed by atoms with Gasteiger partial charge in [0.1, 0.15) is 22.8 Å². The highest BCUT2D eigenvalue weighted by atomic mass is 19.1. The molecule has 0 bridgehead atoms. The third-order valence-corrected chi connectivity index (χ3v) is 6.44. The van der Waals surface area contributed by atoms with Gasteiger partial charge in [-0.15, -0.1) is 0 Å². The summed E-state index contributed by atoms with van der Waals surface area (Å²) in [6.07, 6.45) is 3.99. The van der Waals surface area contributed by atoms with Gasteiger partial charge in [-0.25, -0.2) is 14.0 Å². The Kier molecular flexibility index (Phi) is 8.60. The van der Waals surface area contributed by atoms with Crippen LogP contribution in [-0.4, -0.2) is 65.3 Å². The van der Waals surface area contributed by atoms with Gasteiger partial charge in [0.25, 0.3) is 5.91 Å². The molecular formula is C31H38FN3O6. The molecule has 1 aromatic carbocycles. The van der Waals surface area contributed by atoms with Crippen LogP contribution in [0.25, 0.3) is 11.1 Å². The molecule has 2 aromatic rings. The molecule has 0 saturated heterocycles. The van der Waals surface area contributed by atoms with Gasteiger partial charge in [-0.3, -0.25) is 4.79 Å². The molecule has 0 atom stereocenters. The van der Waals surface area contributed by atoms with Gasteiger partial charge in [0.2, 0.25) is 0 Å². The second kappa shape index (κ2) is 11.8. The van der Waals surface area contributed by atoms with Crippen LogP contribution in [0.1, 0.15) is 76.3 Å². The molecule has 10 heteroatoms. The van der Waals surface area contributed by atoms with E-state index in [-0.39, 0.29) is 11.9 Å². The van der Waals surface area contributed by atoms with E-state index < -0.39 is 29.0 Å². The second-order valence-corrected chi connectivity index (χ2v) is 12.1. The number of ether oxygens (including phenoxy) is 2. The Morgan fingerprint density at radius 1 is 0.829 bits per heavy atom. The zero-order chi connectivity index (χ0) is 29.9. The van der Waals surface area contributed by atoms with Gasteiger partial charge < -0.3 is 29.0 Å². The monoisotopic (exact) mass is 567 g/mol. The second-order valence-electron chi connectivity index (χ2n) is 12.1. The number of carbonyl (C=O) groups is 3. The highest BCUT2D eigenvalue weighted by Gasteiger charge is 2.26. The van der Waals surface area contributed by atoms with Gasteiger partial charge in [0.05, 0.1) is 0 Å². The molecule has 3 amide bonds. The molecule has 0 unspecified atom stereocenters. The number of hydrogen-bond donors (Lipinski definition) is 1. The molecule has 4 rings (SSSR count). The van der Waals surface area contributed by atoms with E-state index in [1.54, 1.807) is 34.1 Å². The summed E-state index contributed by atoms with van der Waals surface area (Å²) >= 11 is 0. The summed E-state index contributed by atoms with van der Waals surface area (Å²) in [4.78, 5) is 40.6. The van der Waals surface area contributed by atoms with Crippen LogP contribution in [0.3, 0.4) is 0 Å². The number of amides is 3. The number of carbonyl (C=O) groups excluding carboxylic acids is 3. The zero-order valence-corrected chi connectivity index (χ0v) is 24.5. The van der Waals surface area contributed by atoms with Crippen molar-refractivity contribution in [1.82, 2.24) is 9.80 Å². The van der Waals surface area contributed by atoms with Crippen LogP contribution in [0.4, 0.5) is 19.7 Å². The van der Waals surface area contributed by atoms with Gasteiger partial charge in [0.15, 0.2) is 5.76 Å². The molecule has 0 spiro atoms. The molecule has 0 radical (unpaired) electrons. The van der Waals surface area contributed by atoms with E-state index in [4.69, 9.17) is 13.9 Å². The van der Waals surface area contributed by atoms with Gasteiger partial charge in [-0.05, 0) is 95.9 Å². The number of benzene rings is 1. The van der Waals surface area contributed by atoms with Crippen LogP contribution in [-0.2, 0) is 9.47 Å². The van der Waals surface area contributed by atoms with E-state index in [0.717, 1.165) is 11.1 Å². The third-order valence-electron chi connectivity index (χ3n) is 6.44. The van der Waals surface area contributed by atoms with Gasteiger partial charge >= 0.3 is 12.2 Å². The fraction of sp³-hybridized carbons (Fsp3) is 0.452. The van der Waals surface area contributed by atoms with Gasteiger partial charge in [-0.2, -0.15) is 0 Å². The maximum Gasteiger partial charge on any atom is 0.410 e. The predicted octanol–water partition coefficient (Wildman–Crippen LogP) is 6.72. The summed E-state index contributed by atoms with van der Waals surface area (Å²) < 4.78 is 31.6. The number of nitrogens with one attached hydrogen (secondary N) is 1. The Morgan fingerprint density at radius 3 is 1.88 bits per heavy atom. The summed E-state index contributed by atoms with van der Waals surface area (Å²) in [6.45, 7) is 12.5. The topological polar surface area (TPSA) is 101 Å². The third kappa shape index (κ3) is 7.99. The maximum atomic E-state index is 15.0. The van der Waals surface area contributed by atoms with Crippen molar-refractivity contribution in [3.05, 3.63) is 65.4 Å². The Morgan fingerprint density at radius 2 is 1.39 bits per heavy atom. The van der Waals surface area contributed by atoms with Crippen molar-refractivity contribution in [2.75, 3.05) is 31.5 Å². The smallest absolute Gasteiger partial charge is 0.410 e. The fourth-order valence-corrected chi connectivity index (χ4v) is 4.47. The molecule has 0 fully saturated rings. The van der Waals surface area contributed by atoms with Gasteiger partial charge in [0, 0.05) is 37.4 Å². The molecule has 3 heterocycles. The van der Waals surface area contributed by atoms with Crippen LogP contribution >= 0.6 is 0 Å². The van der Waals surface area contributed by atoms with Crippen molar-refractivity contribution in [2.45, 2.75) is 65.6 Å². The van der Waals surface area contributed by atoms with Crippen molar-refractivity contribution in [3.63, 3.8) is 0 Å². The number of anilines is 1. The number of halogens is 1. The first-order chi connectivity index (χ1) is 19.2. The molecule has 41 heavy (non-hydrogen) atoms. The Hall–Kier alpha value is -4.08. The van der Waals surface area contributed by atoms with E-state index in [2.05, 4.69) is 5.32 Å². The summed E-state index contributed by atoms with van der Waals surface area (Å²) in [5, 5.41) is 2.68. The van der Waals surface area contributed by atoms with E-state index >= 15 is 4.39 Å². The molecule has 2 aliphatic heterocycles. The summed E-state index contributed by atoms with van der Waals surface area (Å²) in [5.41, 5.74) is 1.27. The van der Waals surface area contributed by atoms with Crippen LogP contribution in [0.2, 0.25) is 0 Å². The number of hydrogen-bond acceptors (Lipinski definition) is 6. The zero-order valence-electron chi connectivity index (χ0n) is 24.5. The summed E-state index contributed by atoms with van der Waals surface area (Å²) in [5.74, 6) is -0.329. The average Bonchev–Trinajstić information content (AvgIpc) is 3.38.